The van der Waals surface area contributed by atoms with Gasteiger partial charge in [0.1, 0.15) is 5.78 Å². The number of hydrogen-bond acceptors (Lipinski definition) is 3. The molecule has 5 heteroatoms. The van der Waals surface area contributed by atoms with Crippen molar-refractivity contribution in [3.63, 3.8) is 0 Å². The van der Waals surface area contributed by atoms with Gasteiger partial charge in [-0.25, -0.2) is 0 Å². The van der Waals surface area contributed by atoms with E-state index in [-0.39, 0.29) is 17.3 Å². The highest BCUT2D eigenvalue weighted by atomic mass is 31.0. The summed E-state index contributed by atoms with van der Waals surface area (Å²) in [5.74, 6) is 0.0457. The van der Waals surface area contributed by atoms with E-state index >= 15 is 0 Å². The molecule has 3 aliphatic carbocycles. The Hall–Kier alpha value is 0.190. The third-order valence-electron chi connectivity index (χ3n) is 5.82. The van der Waals surface area contributed by atoms with Gasteiger partial charge in [-0.3, -0.25) is 4.79 Å². The molecule has 0 aliphatic heterocycles. The Bertz CT molecular complexity index is 444. The van der Waals surface area contributed by atoms with Crippen LogP contribution in [0.3, 0.4) is 0 Å². The van der Waals surface area contributed by atoms with Gasteiger partial charge in [-0.15, -0.1) is 0 Å². The Morgan fingerprint density at radius 2 is 2.00 bits per heavy atom. The van der Waals surface area contributed by atoms with Gasteiger partial charge in [-0.05, 0) is 38.0 Å². The van der Waals surface area contributed by atoms with E-state index in [4.69, 9.17) is 9.05 Å². The van der Waals surface area contributed by atoms with Crippen molar-refractivity contribution in [2.24, 2.45) is 17.3 Å². The van der Waals surface area contributed by atoms with Crippen molar-refractivity contribution in [2.45, 2.75) is 57.7 Å². The molecular weight excluding hydrogens is 290 g/mol. The second-order valence-electron chi connectivity index (χ2n) is 6.78. The number of hydrogen-bond donors (Lipinski definition) is 0. The second-order valence-corrected chi connectivity index (χ2v) is 7.26. The second kappa shape index (κ2) is 5.43. The molecule has 0 aromatic rings. The van der Waals surface area contributed by atoms with Crippen molar-refractivity contribution in [3.05, 3.63) is 11.6 Å². The van der Waals surface area contributed by atoms with Gasteiger partial charge in [0.05, 0.1) is 0 Å². The summed E-state index contributed by atoms with van der Waals surface area (Å²) in [6.45, 7) is 2.09. The van der Waals surface area contributed by atoms with Crippen molar-refractivity contribution in [2.75, 3.05) is 0 Å². The molecule has 3 nitrogen and oxygen atoms in total. The molecule has 0 amide bonds. The van der Waals surface area contributed by atoms with E-state index in [1.54, 1.807) is 0 Å². The molecule has 20 heavy (non-hydrogen) atoms. The summed E-state index contributed by atoms with van der Waals surface area (Å²) in [6, 6.07) is 0. The molecule has 2 saturated carbocycles. The first-order chi connectivity index (χ1) is 9.57. The zero-order valence-electron chi connectivity index (χ0n) is 12.1. The van der Waals surface area contributed by atoms with Crippen LogP contribution in [0, 0.1) is 17.3 Å². The Kier molecular flexibility index (Phi) is 4.10. The van der Waals surface area contributed by atoms with Gasteiger partial charge in [0, 0.05) is 43.6 Å². The maximum absolute atomic E-state index is 12.7. The molecule has 0 aromatic heterocycles. The van der Waals surface area contributed by atoms with Gasteiger partial charge < -0.3 is 9.05 Å². The van der Waals surface area contributed by atoms with E-state index in [0.717, 1.165) is 32.1 Å². The van der Waals surface area contributed by atoms with Gasteiger partial charge in [0.15, 0.2) is 5.79 Å². The fraction of sp³-hybridized carbons (Fsp3) is 0.800. The summed E-state index contributed by atoms with van der Waals surface area (Å²) in [7, 11) is 4.74. The predicted octanol–water partition coefficient (Wildman–Crippen LogP) is 3.80. The van der Waals surface area contributed by atoms with E-state index < -0.39 is 5.79 Å². The number of allylic oxidation sites excluding steroid dienone is 2. The first-order valence-corrected chi connectivity index (χ1v) is 8.45. The minimum absolute atomic E-state index is 0.0935. The van der Waals surface area contributed by atoms with Gasteiger partial charge in [-0.2, -0.15) is 0 Å². The molecular formula is C15H24O3P2. The highest BCUT2D eigenvalue weighted by Crippen LogP contribution is 2.63. The summed E-state index contributed by atoms with van der Waals surface area (Å²) in [5, 5.41) is 0. The molecule has 5 unspecified atom stereocenters. The third-order valence-corrected chi connectivity index (χ3v) is 6.62. The quantitative estimate of drug-likeness (QED) is 0.442. The maximum Gasteiger partial charge on any atom is 0.178 e. The zero-order chi connectivity index (χ0) is 14.4. The van der Waals surface area contributed by atoms with Crippen LogP contribution in [0.1, 0.15) is 51.9 Å². The number of Topliss-reactive ketones (excluding diaryl/α,β-unsaturated/α-hetero) is 1. The summed E-state index contributed by atoms with van der Waals surface area (Å²) >= 11 is 0. The fourth-order valence-electron chi connectivity index (χ4n) is 4.88. The van der Waals surface area contributed by atoms with Crippen molar-refractivity contribution in [1.82, 2.24) is 0 Å². The topological polar surface area (TPSA) is 35.5 Å². The van der Waals surface area contributed by atoms with Crippen LogP contribution >= 0.6 is 18.9 Å². The molecule has 0 heterocycles. The van der Waals surface area contributed by atoms with Crippen molar-refractivity contribution < 1.29 is 13.8 Å². The first-order valence-electron chi connectivity index (χ1n) is 7.51. The normalized spacial score (nSPS) is 42.4. The van der Waals surface area contributed by atoms with Gasteiger partial charge in [0.25, 0.3) is 0 Å². The molecule has 0 radical (unpaired) electrons. The highest BCUT2D eigenvalue weighted by molar-refractivity contribution is 7.10. The van der Waals surface area contributed by atoms with E-state index in [1.807, 2.05) is 0 Å². The van der Waals surface area contributed by atoms with Crippen LogP contribution in [0.2, 0.25) is 0 Å². The van der Waals surface area contributed by atoms with Crippen LogP contribution in [0.4, 0.5) is 0 Å². The smallest absolute Gasteiger partial charge is 0.178 e. The summed E-state index contributed by atoms with van der Waals surface area (Å²) in [4.78, 5) is 12.7. The van der Waals surface area contributed by atoms with E-state index in [2.05, 4.69) is 31.9 Å². The molecule has 5 atom stereocenters. The number of rotatable bonds is 2. The average Bonchev–Trinajstić information content (AvgIpc) is 2.80. The lowest BCUT2D eigenvalue weighted by Gasteiger charge is -2.49. The Labute approximate surface area is 125 Å². The van der Waals surface area contributed by atoms with Crippen molar-refractivity contribution in [1.29, 1.82) is 0 Å². The molecule has 3 aliphatic rings. The molecule has 2 bridgehead atoms. The molecule has 0 aromatic carbocycles. The lowest BCUT2D eigenvalue weighted by molar-refractivity contribution is -0.172. The van der Waals surface area contributed by atoms with Gasteiger partial charge in [0.2, 0.25) is 0 Å². The molecule has 2 fully saturated rings. The minimum Gasteiger partial charge on any atom is -0.333 e. The molecule has 0 saturated heterocycles. The van der Waals surface area contributed by atoms with Gasteiger partial charge in [-0.1, -0.05) is 18.1 Å². The Balaban J connectivity index is 2.08. The fourth-order valence-corrected chi connectivity index (χ4v) is 5.63. The summed E-state index contributed by atoms with van der Waals surface area (Å²) in [5.41, 5.74) is 1.42. The number of ketones is 1. The zero-order valence-corrected chi connectivity index (χ0v) is 14.4. The third kappa shape index (κ3) is 2.13. The van der Waals surface area contributed by atoms with Crippen molar-refractivity contribution in [3.8, 4) is 0 Å². The van der Waals surface area contributed by atoms with Crippen LogP contribution in [0.5, 0.6) is 0 Å². The Morgan fingerprint density at radius 1 is 1.25 bits per heavy atom. The van der Waals surface area contributed by atoms with Crippen LogP contribution in [0.25, 0.3) is 0 Å². The summed E-state index contributed by atoms with van der Waals surface area (Å²) in [6.07, 6.45) is 9.25. The maximum atomic E-state index is 12.7. The van der Waals surface area contributed by atoms with Crippen LogP contribution in [-0.2, 0) is 13.8 Å². The molecule has 3 rings (SSSR count). The lowest BCUT2D eigenvalue weighted by Crippen LogP contribution is -2.50. The standard InChI is InChI=1S/C15H24O3P2/c1-10-4-6-14-5-2-3-11(12(16)9-10)13(14)15(17-19,18-20)8-7-14/h4,11,13H,2-3,5-9,19-20H2,1H3/b10-4-. The van der Waals surface area contributed by atoms with E-state index in [9.17, 15) is 4.79 Å². The molecule has 112 valence electrons. The molecule has 0 N–H and O–H groups in total. The van der Waals surface area contributed by atoms with Crippen LogP contribution in [0.15, 0.2) is 11.6 Å². The van der Waals surface area contributed by atoms with Crippen LogP contribution in [-0.4, -0.2) is 11.6 Å². The van der Waals surface area contributed by atoms with E-state index in [0.29, 0.717) is 12.2 Å². The predicted molar refractivity (Wildman–Crippen MR) is 84.8 cm³/mol. The minimum atomic E-state index is -0.616. The SMILES string of the molecule is C/C1=C/CC23CCCC(C(=O)C1)C2C(OP)(OP)CC3. The van der Waals surface area contributed by atoms with Gasteiger partial charge >= 0.3 is 0 Å². The lowest BCUT2D eigenvalue weighted by atomic mass is 9.58. The van der Waals surface area contributed by atoms with Crippen LogP contribution < -0.4 is 0 Å². The number of carbonyl (C=O) groups excluding carboxylic acids is 1. The largest absolute Gasteiger partial charge is 0.333 e. The monoisotopic (exact) mass is 314 g/mol. The molecule has 0 spiro atoms. The highest BCUT2D eigenvalue weighted by Gasteiger charge is 2.62. The average molecular weight is 314 g/mol. The summed E-state index contributed by atoms with van der Waals surface area (Å²) < 4.78 is 11.4. The van der Waals surface area contributed by atoms with E-state index in [1.165, 1.54) is 12.0 Å². The Morgan fingerprint density at radius 3 is 2.70 bits per heavy atom. The van der Waals surface area contributed by atoms with Crippen molar-refractivity contribution >= 4 is 24.7 Å². The number of carbonyl (C=O) groups is 1. The first kappa shape index (κ1) is 15.1.